The molecule has 0 saturated heterocycles. The minimum absolute atomic E-state index is 0.00508. The van der Waals surface area contributed by atoms with Gasteiger partial charge in [-0.05, 0) is 63.1 Å². The van der Waals surface area contributed by atoms with Crippen LogP contribution in [0.1, 0.15) is 42.9 Å². The number of aromatic nitrogens is 4. The fourth-order valence-electron chi connectivity index (χ4n) is 7.46. The number of H-pyrrole nitrogens is 1. The van der Waals surface area contributed by atoms with Gasteiger partial charge in [0.2, 0.25) is 0 Å². The molecule has 0 saturated carbocycles. The van der Waals surface area contributed by atoms with Crippen molar-refractivity contribution in [2.75, 3.05) is 0 Å². The molecule has 1 N–H and O–H groups in total. The highest BCUT2D eigenvalue weighted by molar-refractivity contribution is 5.94. The largest absolute Gasteiger partial charge is 0.355 e. The third-order valence-electron chi connectivity index (χ3n) is 9.63. The third-order valence-corrected chi connectivity index (χ3v) is 9.63. The van der Waals surface area contributed by atoms with Crippen LogP contribution in [0.3, 0.4) is 0 Å². The van der Waals surface area contributed by atoms with Gasteiger partial charge in [0.05, 0.1) is 0 Å². The van der Waals surface area contributed by atoms with Crippen molar-refractivity contribution in [2.24, 2.45) is 0 Å². The average Bonchev–Trinajstić information content (AvgIpc) is 3.65. The van der Waals surface area contributed by atoms with E-state index >= 15 is 0 Å². The first-order valence-corrected chi connectivity index (χ1v) is 16.0. The summed E-state index contributed by atoms with van der Waals surface area (Å²) in [5, 5.41) is 3.88. The summed E-state index contributed by atoms with van der Waals surface area (Å²) in [6, 6.07) is 42.5. The Morgan fingerprint density at radius 3 is 1.87 bits per heavy atom. The smallest absolute Gasteiger partial charge is 0.164 e. The van der Waals surface area contributed by atoms with Crippen molar-refractivity contribution in [3.63, 3.8) is 0 Å². The van der Waals surface area contributed by atoms with E-state index in [1.807, 2.05) is 60.7 Å². The standard InChI is InChI=1S/C42H32N4/c1-42(2)25-32(23-37-38(42)35-24-34-31(22-36(35)43-37)21-30-15-9-10-16-33(30)34)26-17-19-29(20-18-26)41-45-39(27-11-5-3-6-12-27)44-40(46-41)28-13-7-4-8-14-28/h3-24,32,43H,25H2,1-2H3. The SMILES string of the molecule is CC1(C)CC(c2ccc(-c3nc(-c4ccccc4)nc(-c4ccccc4)n3)cc2)C=c2[nH]c3cc4c(cc3c21)-c1ccccc1C=4. The minimum Gasteiger partial charge on any atom is -0.355 e. The van der Waals surface area contributed by atoms with Gasteiger partial charge in [0.15, 0.2) is 17.5 Å². The van der Waals surface area contributed by atoms with Crippen LogP contribution >= 0.6 is 0 Å². The molecule has 1 unspecified atom stereocenters. The summed E-state index contributed by atoms with van der Waals surface area (Å²) in [6.07, 6.45) is 5.78. The molecule has 46 heavy (non-hydrogen) atoms. The van der Waals surface area contributed by atoms with Gasteiger partial charge in [-0.2, -0.15) is 0 Å². The molecule has 0 amide bonds. The number of benzene rings is 5. The van der Waals surface area contributed by atoms with E-state index in [1.165, 1.54) is 49.3 Å². The second kappa shape index (κ2) is 10.2. The Balaban J connectivity index is 1.10. The van der Waals surface area contributed by atoms with Gasteiger partial charge in [0, 0.05) is 38.9 Å². The molecule has 2 aliphatic carbocycles. The van der Waals surface area contributed by atoms with Gasteiger partial charge < -0.3 is 4.98 Å². The van der Waals surface area contributed by atoms with Crippen LogP contribution in [0.15, 0.2) is 121 Å². The van der Waals surface area contributed by atoms with E-state index in [-0.39, 0.29) is 5.41 Å². The Kier molecular flexibility index (Phi) is 5.94. The molecule has 7 aromatic rings. The molecule has 220 valence electrons. The number of hydrogen-bond donors (Lipinski definition) is 1. The molecule has 0 fully saturated rings. The Hall–Kier alpha value is -5.61. The zero-order valence-electron chi connectivity index (χ0n) is 25.8. The lowest BCUT2D eigenvalue weighted by atomic mass is 9.71. The van der Waals surface area contributed by atoms with Crippen molar-refractivity contribution in [2.45, 2.75) is 31.6 Å². The molecule has 0 spiro atoms. The Morgan fingerprint density at radius 1 is 0.630 bits per heavy atom. The third kappa shape index (κ3) is 4.40. The van der Waals surface area contributed by atoms with Crippen LogP contribution in [0.2, 0.25) is 0 Å². The van der Waals surface area contributed by atoms with E-state index in [0.717, 1.165) is 23.1 Å². The Bertz CT molecular complexity index is 2350. The molecule has 1 atom stereocenters. The van der Waals surface area contributed by atoms with Gasteiger partial charge in [0.1, 0.15) is 0 Å². The van der Waals surface area contributed by atoms with Crippen molar-refractivity contribution in [3.8, 4) is 45.3 Å². The lowest BCUT2D eigenvalue weighted by molar-refractivity contribution is 0.453. The Labute approximate surface area is 267 Å². The number of nitrogens with zero attached hydrogens (tertiary/aromatic N) is 3. The molecule has 2 aromatic heterocycles. The van der Waals surface area contributed by atoms with Gasteiger partial charge in [-0.15, -0.1) is 0 Å². The summed E-state index contributed by atoms with van der Waals surface area (Å²) in [4.78, 5) is 18.5. The summed E-state index contributed by atoms with van der Waals surface area (Å²) in [7, 11) is 0. The number of rotatable bonds is 4. The fraction of sp³-hybridized carbons (Fsp3) is 0.119. The molecule has 4 heteroatoms. The maximum Gasteiger partial charge on any atom is 0.164 e. The molecule has 0 bridgehead atoms. The summed E-state index contributed by atoms with van der Waals surface area (Å²) < 4.78 is 0. The summed E-state index contributed by atoms with van der Waals surface area (Å²) in [5.41, 5.74) is 10.8. The number of hydrogen-bond acceptors (Lipinski definition) is 3. The van der Waals surface area contributed by atoms with E-state index in [1.54, 1.807) is 0 Å². The van der Waals surface area contributed by atoms with Gasteiger partial charge in [-0.25, -0.2) is 15.0 Å². The van der Waals surface area contributed by atoms with E-state index < -0.39 is 0 Å². The van der Waals surface area contributed by atoms with Gasteiger partial charge >= 0.3 is 0 Å². The normalized spacial score (nSPS) is 15.8. The molecule has 2 aliphatic rings. The first kappa shape index (κ1) is 26.8. The zero-order valence-corrected chi connectivity index (χ0v) is 25.8. The second-order valence-electron chi connectivity index (χ2n) is 13.2. The van der Waals surface area contributed by atoms with E-state index in [9.17, 15) is 0 Å². The molecule has 9 rings (SSSR count). The van der Waals surface area contributed by atoms with Crippen LogP contribution in [0, 0.1) is 0 Å². The van der Waals surface area contributed by atoms with Crippen molar-refractivity contribution in [3.05, 3.63) is 149 Å². The maximum atomic E-state index is 4.92. The molecular formula is C42H32N4. The van der Waals surface area contributed by atoms with Crippen LogP contribution in [0.25, 0.3) is 68.3 Å². The second-order valence-corrected chi connectivity index (χ2v) is 13.2. The highest BCUT2D eigenvalue weighted by atomic mass is 15.0. The van der Waals surface area contributed by atoms with E-state index in [4.69, 9.17) is 15.0 Å². The van der Waals surface area contributed by atoms with Crippen LogP contribution in [-0.2, 0) is 5.41 Å². The molecule has 2 heterocycles. The van der Waals surface area contributed by atoms with Crippen LogP contribution < -0.4 is 10.6 Å². The van der Waals surface area contributed by atoms with E-state index in [2.05, 4.69) is 91.6 Å². The van der Waals surface area contributed by atoms with Crippen LogP contribution in [0.5, 0.6) is 0 Å². The average molecular weight is 593 g/mol. The number of aromatic amines is 1. The predicted octanol–water partition coefficient (Wildman–Crippen LogP) is 8.41. The summed E-state index contributed by atoms with van der Waals surface area (Å²) in [6.45, 7) is 4.78. The topological polar surface area (TPSA) is 54.5 Å². The van der Waals surface area contributed by atoms with Gasteiger partial charge in [0.25, 0.3) is 0 Å². The molecule has 4 nitrogen and oxygen atoms in total. The maximum absolute atomic E-state index is 4.92. The summed E-state index contributed by atoms with van der Waals surface area (Å²) in [5.74, 6) is 2.32. The van der Waals surface area contributed by atoms with Crippen molar-refractivity contribution in [1.82, 2.24) is 19.9 Å². The number of fused-ring (bicyclic) bond motifs is 6. The minimum atomic E-state index is 0.00508. The first-order chi connectivity index (χ1) is 22.5. The summed E-state index contributed by atoms with van der Waals surface area (Å²) >= 11 is 0. The van der Waals surface area contributed by atoms with Crippen molar-refractivity contribution in [1.29, 1.82) is 0 Å². The number of nitrogens with one attached hydrogen (secondary N) is 1. The molecule has 5 aromatic carbocycles. The van der Waals surface area contributed by atoms with Crippen LogP contribution in [0.4, 0.5) is 0 Å². The zero-order chi connectivity index (χ0) is 30.8. The molecular weight excluding hydrogens is 560 g/mol. The van der Waals surface area contributed by atoms with Gasteiger partial charge in [-0.3, -0.25) is 0 Å². The molecule has 0 radical (unpaired) electrons. The van der Waals surface area contributed by atoms with Crippen LogP contribution in [-0.4, -0.2) is 19.9 Å². The highest BCUT2D eigenvalue weighted by Crippen LogP contribution is 2.41. The molecule has 0 aliphatic heterocycles. The van der Waals surface area contributed by atoms with Crippen molar-refractivity contribution < 1.29 is 0 Å². The predicted molar refractivity (Wildman–Crippen MR) is 188 cm³/mol. The quantitative estimate of drug-likeness (QED) is 0.223. The fourth-order valence-corrected chi connectivity index (χ4v) is 7.46. The lowest BCUT2D eigenvalue weighted by Gasteiger charge is -2.32. The van der Waals surface area contributed by atoms with Gasteiger partial charge in [-0.1, -0.05) is 129 Å². The van der Waals surface area contributed by atoms with E-state index in [0.29, 0.717) is 23.4 Å². The van der Waals surface area contributed by atoms with Crippen molar-refractivity contribution >= 4 is 23.1 Å². The monoisotopic (exact) mass is 592 g/mol. The lowest BCUT2D eigenvalue weighted by Crippen LogP contribution is -2.32. The first-order valence-electron chi connectivity index (χ1n) is 16.0. The Morgan fingerprint density at radius 2 is 1.22 bits per heavy atom. The highest BCUT2D eigenvalue weighted by Gasteiger charge is 2.33.